The van der Waals surface area contributed by atoms with Crippen LogP contribution in [-0.2, 0) is 11.2 Å². The highest BCUT2D eigenvalue weighted by molar-refractivity contribution is 9.10. The molecule has 2 saturated heterocycles. The predicted molar refractivity (Wildman–Crippen MR) is 78.9 cm³/mol. The lowest BCUT2D eigenvalue weighted by Gasteiger charge is -2.29. The summed E-state index contributed by atoms with van der Waals surface area (Å²) in [6.45, 7) is 2.16. The van der Waals surface area contributed by atoms with Crippen LogP contribution in [-0.4, -0.2) is 16.5 Å². The van der Waals surface area contributed by atoms with Crippen molar-refractivity contribution in [3.8, 4) is 0 Å². The molecule has 3 rings (SSSR count). The van der Waals surface area contributed by atoms with Gasteiger partial charge in [0.1, 0.15) is 0 Å². The molecule has 0 saturated carbocycles. The van der Waals surface area contributed by atoms with E-state index in [0.29, 0.717) is 0 Å². The van der Waals surface area contributed by atoms with Crippen molar-refractivity contribution >= 4 is 15.9 Å². The summed E-state index contributed by atoms with van der Waals surface area (Å²) < 4.78 is 7.15. The molecule has 1 aromatic carbocycles. The van der Waals surface area contributed by atoms with Gasteiger partial charge in [-0.1, -0.05) is 34.5 Å². The van der Waals surface area contributed by atoms with Crippen LogP contribution in [0.5, 0.6) is 0 Å². The Hall–Kier alpha value is -0.380. The van der Waals surface area contributed by atoms with Gasteiger partial charge in [-0.3, -0.25) is 0 Å². The minimum Gasteiger partial charge on any atom is -0.365 e. The number of hydrogen-bond donors (Lipinski definition) is 1. The van der Waals surface area contributed by atoms with Crippen LogP contribution in [0.4, 0.5) is 0 Å². The summed E-state index contributed by atoms with van der Waals surface area (Å²) in [4.78, 5) is 0. The van der Waals surface area contributed by atoms with Gasteiger partial charge in [0, 0.05) is 16.8 Å². The zero-order chi connectivity index (χ0) is 13.5. The van der Waals surface area contributed by atoms with Crippen LogP contribution in [0.15, 0.2) is 28.7 Å². The minimum atomic E-state index is -0.904. The summed E-state index contributed by atoms with van der Waals surface area (Å²) in [7, 11) is 0. The molecule has 2 aliphatic rings. The summed E-state index contributed by atoms with van der Waals surface area (Å²) in [5.41, 5.74) is 1.16. The molecule has 0 aromatic heterocycles. The summed E-state index contributed by atoms with van der Waals surface area (Å²) in [5, 5.41) is 10.8. The molecule has 104 valence electrons. The number of aliphatic hydroxyl groups is 1. The quantitative estimate of drug-likeness (QED) is 0.889. The Morgan fingerprint density at radius 2 is 1.95 bits per heavy atom. The Kier molecular flexibility index (Phi) is 3.48. The third-order valence-electron chi connectivity index (χ3n) is 4.63. The molecule has 3 atom stereocenters. The first-order valence-corrected chi connectivity index (χ1v) is 7.95. The Labute approximate surface area is 123 Å². The molecule has 0 aliphatic carbocycles. The molecule has 0 spiro atoms. The summed E-state index contributed by atoms with van der Waals surface area (Å²) >= 11 is 3.46. The highest BCUT2D eigenvalue weighted by atomic mass is 79.9. The molecule has 3 heteroatoms. The predicted octanol–water partition coefficient (Wildman–Crippen LogP) is 4.05. The smallest absolute Gasteiger partial charge is 0.169 e. The lowest BCUT2D eigenvalue weighted by molar-refractivity contribution is -0.232. The molecule has 1 aromatic rings. The Morgan fingerprint density at radius 1 is 1.26 bits per heavy atom. The second-order valence-corrected chi connectivity index (χ2v) is 7.25. The van der Waals surface area contributed by atoms with Gasteiger partial charge in [0.15, 0.2) is 5.79 Å². The third-order valence-corrected chi connectivity index (χ3v) is 5.15. The lowest BCUT2D eigenvalue weighted by atomic mass is 9.80. The molecular formula is C16H21BrO2. The van der Waals surface area contributed by atoms with E-state index in [4.69, 9.17) is 4.74 Å². The molecule has 2 nitrogen and oxygen atoms in total. The van der Waals surface area contributed by atoms with Crippen LogP contribution in [0.1, 0.15) is 44.6 Å². The standard InChI is InChI=1S/C16H21BrO2/c1-15-8-2-3-9-16(18,19-15)13(11-15)10-12-4-6-14(17)7-5-12/h4-7,13,18H,2-3,8-11H2,1H3/t13-,15+,16-/m0/s1. The number of fused-ring (bicyclic) bond motifs is 2. The van der Waals surface area contributed by atoms with Crippen molar-refractivity contribution in [1.82, 2.24) is 0 Å². The van der Waals surface area contributed by atoms with Gasteiger partial charge in [-0.25, -0.2) is 0 Å². The molecular weight excluding hydrogens is 304 g/mol. The van der Waals surface area contributed by atoms with Crippen LogP contribution in [0, 0.1) is 5.92 Å². The average Bonchev–Trinajstić information content (AvgIpc) is 2.50. The van der Waals surface area contributed by atoms with E-state index in [2.05, 4.69) is 47.1 Å². The number of ether oxygens (including phenoxy) is 1. The SMILES string of the molecule is C[C@]12CCCC[C@](O)(O1)[C@@H](Cc1ccc(Br)cc1)C2. The molecule has 2 heterocycles. The highest BCUT2D eigenvalue weighted by Gasteiger charge is 2.53. The molecule has 2 bridgehead atoms. The minimum absolute atomic E-state index is 0.120. The largest absolute Gasteiger partial charge is 0.365 e. The van der Waals surface area contributed by atoms with Crippen molar-refractivity contribution in [2.75, 3.05) is 0 Å². The van der Waals surface area contributed by atoms with Crippen molar-refractivity contribution in [3.63, 3.8) is 0 Å². The monoisotopic (exact) mass is 324 g/mol. The van der Waals surface area contributed by atoms with Crippen LogP contribution >= 0.6 is 15.9 Å². The maximum Gasteiger partial charge on any atom is 0.169 e. The van der Waals surface area contributed by atoms with Crippen LogP contribution in [0.2, 0.25) is 0 Å². The number of rotatable bonds is 2. The number of halogens is 1. The zero-order valence-corrected chi connectivity index (χ0v) is 12.9. The van der Waals surface area contributed by atoms with Gasteiger partial charge in [-0.05, 0) is 50.3 Å². The van der Waals surface area contributed by atoms with Gasteiger partial charge >= 0.3 is 0 Å². The van der Waals surface area contributed by atoms with E-state index < -0.39 is 5.79 Å². The Morgan fingerprint density at radius 3 is 2.68 bits per heavy atom. The Balaban J connectivity index is 1.79. The van der Waals surface area contributed by atoms with E-state index in [1.54, 1.807) is 0 Å². The van der Waals surface area contributed by atoms with Crippen molar-refractivity contribution < 1.29 is 9.84 Å². The third kappa shape index (κ3) is 2.74. The topological polar surface area (TPSA) is 29.5 Å². The first kappa shape index (κ1) is 13.6. The van der Waals surface area contributed by atoms with E-state index >= 15 is 0 Å². The molecule has 2 fully saturated rings. The van der Waals surface area contributed by atoms with E-state index in [9.17, 15) is 5.11 Å². The Bertz CT molecular complexity index is 458. The van der Waals surface area contributed by atoms with E-state index in [1.807, 2.05) is 0 Å². The molecule has 19 heavy (non-hydrogen) atoms. The molecule has 1 N–H and O–H groups in total. The lowest BCUT2D eigenvalue weighted by Crippen LogP contribution is -2.36. The molecule has 0 radical (unpaired) electrons. The maximum atomic E-state index is 10.8. The normalized spacial score (nSPS) is 38.2. The maximum absolute atomic E-state index is 10.8. The van der Waals surface area contributed by atoms with Crippen LogP contribution in [0.3, 0.4) is 0 Å². The fourth-order valence-corrected chi connectivity index (χ4v) is 3.92. The van der Waals surface area contributed by atoms with Crippen LogP contribution in [0.25, 0.3) is 0 Å². The van der Waals surface area contributed by atoms with E-state index in [1.165, 1.54) is 12.0 Å². The second-order valence-electron chi connectivity index (χ2n) is 6.34. The number of benzene rings is 1. The summed E-state index contributed by atoms with van der Waals surface area (Å²) in [6, 6.07) is 8.39. The molecule has 0 unspecified atom stereocenters. The van der Waals surface area contributed by atoms with Crippen LogP contribution < -0.4 is 0 Å². The summed E-state index contributed by atoms with van der Waals surface area (Å²) in [6.07, 6.45) is 5.97. The van der Waals surface area contributed by atoms with Gasteiger partial charge in [-0.15, -0.1) is 0 Å². The second kappa shape index (κ2) is 4.87. The summed E-state index contributed by atoms with van der Waals surface area (Å²) in [5.74, 6) is -0.683. The van der Waals surface area contributed by atoms with Gasteiger partial charge in [0.05, 0.1) is 5.60 Å². The van der Waals surface area contributed by atoms with Gasteiger partial charge < -0.3 is 9.84 Å². The fraction of sp³-hybridized carbons (Fsp3) is 0.625. The fourth-order valence-electron chi connectivity index (χ4n) is 3.65. The van der Waals surface area contributed by atoms with Crippen molar-refractivity contribution in [1.29, 1.82) is 0 Å². The van der Waals surface area contributed by atoms with Gasteiger partial charge in [0.25, 0.3) is 0 Å². The molecule has 2 aliphatic heterocycles. The van der Waals surface area contributed by atoms with Gasteiger partial charge in [0.2, 0.25) is 0 Å². The van der Waals surface area contributed by atoms with Crippen molar-refractivity contribution in [3.05, 3.63) is 34.3 Å². The van der Waals surface area contributed by atoms with Gasteiger partial charge in [-0.2, -0.15) is 0 Å². The average molecular weight is 325 g/mol. The van der Waals surface area contributed by atoms with Crippen molar-refractivity contribution in [2.24, 2.45) is 5.92 Å². The first-order chi connectivity index (χ1) is 8.99. The van der Waals surface area contributed by atoms with E-state index in [-0.39, 0.29) is 11.5 Å². The first-order valence-electron chi connectivity index (χ1n) is 7.16. The highest BCUT2D eigenvalue weighted by Crippen LogP contribution is 2.49. The van der Waals surface area contributed by atoms with Crippen molar-refractivity contribution in [2.45, 2.75) is 56.8 Å². The molecule has 0 amide bonds. The number of hydrogen-bond acceptors (Lipinski definition) is 2. The zero-order valence-electron chi connectivity index (χ0n) is 11.4. The van der Waals surface area contributed by atoms with E-state index in [0.717, 1.165) is 36.6 Å².